The van der Waals surface area contributed by atoms with Crippen LogP contribution in [0.15, 0.2) is 12.1 Å². The molecule has 0 saturated carbocycles. The number of carboxylic acid groups (broad SMARTS) is 1. The van der Waals surface area contributed by atoms with E-state index in [1.54, 1.807) is 18.7 Å². The fraction of sp³-hybridized carbons (Fsp3) is 0.500. The zero-order valence-electron chi connectivity index (χ0n) is 14.2. The van der Waals surface area contributed by atoms with Crippen LogP contribution in [0, 0.1) is 11.6 Å². The number of carboxylic acids is 1. The summed E-state index contributed by atoms with van der Waals surface area (Å²) in [5.74, 6) is -4.01. The number of carbonyl (C=O) groups is 2. The van der Waals surface area contributed by atoms with Gasteiger partial charge in [-0.1, -0.05) is 0 Å². The van der Waals surface area contributed by atoms with E-state index < -0.39 is 29.3 Å². The van der Waals surface area contributed by atoms with Crippen LogP contribution >= 0.6 is 0 Å². The van der Waals surface area contributed by atoms with Crippen LogP contribution in [0.3, 0.4) is 0 Å². The van der Waals surface area contributed by atoms with Crippen molar-refractivity contribution in [1.29, 1.82) is 0 Å². The third-order valence-corrected chi connectivity index (χ3v) is 3.45. The molecule has 0 aromatic heterocycles. The van der Waals surface area contributed by atoms with E-state index in [1.165, 1.54) is 6.07 Å². The summed E-state index contributed by atoms with van der Waals surface area (Å²) in [6, 6.07) is 2.20. The van der Waals surface area contributed by atoms with Crippen molar-refractivity contribution in [3.8, 4) is 0 Å². The summed E-state index contributed by atoms with van der Waals surface area (Å²) in [6.45, 7) is 4.22. The van der Waals surface area contributed by atoms with E-state index in [9.17, 15) is 26.7 Å². The van der Waals surface area contributed by atoms with Gasteiger partial charge < -0.3 is 15.7 Å². The van der Waals surface area contributed by atoms with Gasteiger partial charge in [0.15, 0.2) is 0 Å². The molecule has 10 heteroatoms. The van der Waals surface area contributed by atoms with Gasteiger partial charge in [0.1, 0.15) is 11.6 Å². The molecule has 2 rings (SSSR count). The lowest BCUT2D eigenvalue weighted by Crippen LogP contribution is -2.43. The van der Waals surface area contributed by atoms with E-state index in [1.807, 2.05) is 0 Å². The third-order valence-electron chi connectivity index (χ3n) is 3.45. The zero-order valence-corrected chi connectivity index (χ0v) is 14.2. The molecule has 0 unspecified atom stereocenters. The fourth-order valence-electron chi connectivity index (χ4n) is 2.30. The van der Waals surface area contributed by atoms with Gasteiger partial charge in [-0.3, -0.25) is 4.79 Å². The van der Waals surface area contributed by atoms with Crippen LogP contribution in [0.4, 0.5) is 22.0 Å². The number of hydrogen-bond acceptors (Lipinski definition) is 3. The molecule has 0 atom stereocenters. The van der Waals surface area contributed by atoms with Crippen molar-refractivity contribution in [2.75, 3.05) is 6.54 Å². The number of benzene rings is 1. The summed E-state index contributed by atoms with van der Waals surface area (Å²) in [7, 11) is 0. The molecule has 5 nitrogen and oxygen atoms in total. The molecule has 0 spiro atoms. The zero-order chi connectivity index (χ0) is 20.3. The molecule has 0 aliphatic carbocycles. The minimum absolute atomic E-state index is 0.0955. The molecule has 1 aromatic carbocycles. The molecule has 1 amide bonds. The molecular formula is C16H19F5N2O3. The first-order valence-electron chi connectivity index (χ1n) is 7.54. The third kappa shape index (κ3) is 6.58. The average molecular weight is 382 g/mol. The first kappa shape index (κ1) is 21.8. The maximum Gasteiger partial charge on any atom is 0.490 e. The Kier molecular flexibility index (Phi) is 6.70. The van der Waals surface area contributed by atoms with Crippen molar-refractivity contribution < 1.29 is 36.6 Å². The smallest absolute Gasteiger partial charge is 0.475 e. The Morgan fingerprint density at radius 3 is 2.23 bits per heavy atom. The number of amides is 1. The highest BCUT2D eigenvalue weighted by Crippen LogP contribution is 2.24. The number of fused-ring (bicyclic) bond motifs is 1. The van der Waals surface area contributed by atoms with Gasteiger partial charge in [-0.05, 0) is 31.9 Å². The van der Waals surface area contributed by atoms with Crippen LogP contribution in [0.25, 0.3) is 0 Å². The van der Waals surface area contributed by atoms with E-state index in [-0.39, 0.29) is 18.9 Å². The Bertz CT molecular complexity index is 684. The topological polar surface area (TPSA) is 83.6 Å². The van der Waals surface area contributed by atoms with Crippen LogP contribution < -0.4 is 5.73 Å². The standard InChI is InChI=1S/C14H18F2N2O.C2HF3O2/c1-14(2,17)7-13(19)18-4-3-9-5-10(15)6-12(16)11(9)8-18;3-2(4,5)1(6)7/h5-6H,3-4,7-8,17H2,1-2H3;(H,6,7). The van der Waals surface area contributed by atoms with E-state index in [2.05, 4.69) is 0 Å². The number of halogens is 5. The number of carbonyl (C=O) groups excluding carboxylic acids is 1. The second-order valence-electron chi connectivity index (χ2n) is 6.56. The van der Waals surface area contributed by atoms with Gasteiger partial charge in [0.05, 0.1) is 0 Å². The lowest BCUT2D eigenvalue weighted by molar-refractivity contribution is -0.192. The highest BCUT2D eigenvalue weighted by Gasteiger charge is 2.38. The summed E-state index contributed by atoms with van der Waals surface area (Å²) < 4.78 is 58.5. The first-order valence-corrected chi connectivity index (χ1v) is 7.54. The highest BCUT2D eigenvalue weighted by molar-refractivity contribution is 5.77. The molecule has 1 aliphatic rings. The van der Waals surface area contributed by atoms with Gasteiger partial charge in [0.2, 0.25) is 5.91 Å². The van der Waals surface area contributed by atoms with Gasteiger partial charge >= 0.3 is 12.1 Å². The normalized spacial score (nSPS) is 14.2. The number of rotatable bonds is 2. The summed E-state index contributed by atoms with van der Waals surface area (Å²) in [5, 5.41) is 7.12. The number of nitrogens with zero attached hydrogens (tertiary/aromatic N) is 1. The van der Waals surface area contributed by atoms with Crippen molar-refractivity contribution >= 4 is 11.9 Å². The first-order chi connectivity index (χ1) is 11.7. The van der Waals surface area contributed by atoms with Crippen molar-refractivity contribution in [1.82, 2.24) is 4.90 Å². The monoisotopic (exact) mass is 382 g/mol. The van der Waals surface area contributed by atoms with E-state index in [0.717, 1.165) is 6.07 Å². The molecule has 1 aliphatic heterocycles. The minimum Gasteiger partial charge on any atom is -0.475 e. The van der Waals surface area contributed by atoms with Gasteiger partial charge in [0, 0.05) is 36.7 Å². The van der Waals surface area contributed by atoms with Gasteiger partial charge in [-0.15, -0.1) is 0 Å². The lowest BCUT2D eigenvalue weighted by Gasteiger charge is -2.31. The van der Waals surface area contributed by atoms with Gasteiger partial charge in [-0.25, -0.2) is 13.6 Å². The maximum absolute atomic E-state index is 13.7. The number of nitrogens with two attached hydrogens (primary N) is 1. The van der Waals surface area contributed by atoms with Crippen LogP contribution in [0.2, 0.25) is 0 Å². The molecule has 0 fully saturated rings. The molecular weight excluding hydrogens is 363 g/mol. The Labute approximate surface area is 146 Å². The number of alkyl halides is 3. The molecule has 146 valence electrons. The lowest BCUT2D eigenvalue weighted by atomic mass is 9.96. The summed E-state index contributed by atoms with van der Waals surface area (Å²) >= 11 is 0. The SMILES string of the molecule is CC(C)(N)CC(=O)N1CCc2cc(F)cc(F)c2C1.O=C(O)C(F)(F)F. The van der Waals surface area contributed by atoms with Crippen molar-refractivity contribution in [2.24, 2.45) is 5.73 Å². The summed E-state index contributed by atoms with van der Waals surface area (Å²) in [4.78, 5) is 22.5. The van der Waals surface area contributed by atoms with Crippen molar-refractivity contribution in [3.05, 3.63) is 34.9 Å². The van der Waals surface area contributed by atoms with Crippen LogP contribution in [-0.4, -0.2) is 40.1 Å². The predicted molar refractivity (Wildman–Crippen MR) is 82.1 cm³/mol. The molecule has 0 saturated heterocycles. The quantitative estimate of drug-likeness (QED) is 0.771. The summed E-state index contributed by atoms with van der Waals surface area (Å²) in [6.07, 6.45) is -4.40. The molecule has 3 N–H and O–H groups in total. The fourth-order valence-corrected chi connectivity index (χ4v) is 2.30. The largest absolute Gasteiger partial charge is 0.490 e. The molecule has 0 bridgehead atoms. The Morgan fingerprint density at radius 1 is 1.23 bits per heavy atom. The van der Waals surface area contributed by atoms with Crippen LogP contribution in [0.5, 0.6) is 0 Å². The predicted octanol–water partition coefficient (Wildman–Crippen LogP) is 2.61. The molecule has 1 heterocycles. The Morgan fingerprint density at radius 2 is 1.77 bits per heavy atom. The minimum atomic E-state index is -5.08. The summed E-state index contributed by atoms with van der Waals surface area (Å²) in [5.41, 5.74) is 6.29. The molecule has 0 radical (unpaired) electrons. The van der Waals surface area contributed by atoms with Crippen LogP contribution in [0.1, 0.15) is 31.4 Å². The van der Waals surface area contributed by atoms with E-state index >= 15 is 0 Å². The number of aliphatic carboxylic acids is 1. The van der Waals surface area contributed by atoms with E-state index in [4.69, 9.17) is 15.6 Å². The van der Waals surface area contributed by atoms with Gasteiger partial charge in [-0.2, -0.15) is 13.2 Å². The van der Waals surface area contributed by atoms with Crippen LogP contribution in [-0.2, 0) is 22.6 Å². The van der Waals surface area contributed by atoms with Gasteiger partial charge in [0.25, 0.3) is 0 Å². The Hall–Kier alpha value is -2.23. The Balaban J connectivity index is 0.000000412. The molecule has 26 heavy (non-hydrogen) atoms. The van der Waals surface area contributed by atoms with Crippen molar-refractivity contribution in [3.63, 3.8) is 0 Å². The number of hydrogen-bond donors (Lipinski definition) is 2. The maximum atomic E-state index is 13.7. The molecule has 1 aromatic rings. The second kappa shape index (κ2) is 7.98. The average Bonchev–Trinajstić information content (AvgIpc) is 2.44. The van der Waals surface area contributed by atoms with E-state index in [0.29, 0.717) is 24.1 Å². The van der Waals surface area contributed by atoms with Crippen molar-refractivity contribution in [2.45, 2.75) is 44.9 Å². The highest BCUT2D eigenvalue weighted by atomic mass is 19.4. The second-order valence-corrected chi connectivity index (χ2v) is 6.56.